The fraction of sp³-hybridized carbons (Fsp3) is 0.205. The van der Waals surface area contributed by atoms with Crippen LogP contribution in [0.25, 0.3) is 33.4 Å². The molecular formula is C44H48Cl4N8NaO14+. The Labute approximate surface area is 448 Å². The number of hydrogen-bond donors (Lipinski definition) is 7. The number of carbonyl (C=O) groups excluding carboxylic acids is 4. The normalized spacial score (nSPS) is 9.90. The Morgan fingerprint density at radius 1 is 0.704 bits per heavy atom. The molecule has 0 unspecified atom stereocenters. The van der Waals surface area contributed by atoms with Crippen LogP contribution in [0, 0.1) is 0 Å². The van der Waals surface area contributed by atoms with Gasteiger partial charge in [0.1, 0.15) is 34.4 Å². The van der Waals surface area contributed by atoms with E-state index in [2.05, 4.69) is 45.8 Å². The van der Waals surface area contributed by atoms with Gasteiger partial charge >= 0.3 is 53.4 Å². The van der Waals surface area contributed by atoms with Gasteiger partial charge in [-0.25, -0.2) is 19.2 Å². The Morgan fingerprint density at radius 3 is 1.56 bits per heavy atom. The minimum Gasteiger partial charge on any atom is -0.857 e. The van der Waals surface area contributed by atoms with Crippen LogP contribution in [0.1, 0.15) is 36.9 Å². The zero-order valence-corrected chi connectivity index (χ0v) is 44.6. The van der Waals surface area contributed by atoms with Crippen LogP contribution in [-0.2, 0) is 23.8 Å². The predicted octanol–water partition coefficient (Wildman–Crippen LogP) is 1.32. The number of fused-ring (bicyclic) bond motifs is 2. The monoisotopic (exact) mass is 1080 g/mol. The molecule has 0 saturated heterocycles. The number of H-pyrrole nitrogens is 2. The number of ether oxygens (including phenoxy) is 7. The van der Waals surface area contributed by atoms with E-state index in [1.54, 1.807) is 79.1 Å². The summed E-state index contributed by atoms with van der Waals surface area (Å²) >= 11 is 23.9. The topological polar surface area (TPSA) is 325 Å². The maximum Gasteiger partial charge on any atom is 1.00 e. The van der Waals surface area contributed by atoms with E-state index >= 15 is 0 Å². The largest absolute Gasteiger partial charge is 1.00 e. The van der Waals surface area contributed by atoms with Crippen LogP contribution < -0.4 is 75.2 Å². The molecule has 2 heterocycles. The van der Waals surface area contributed by atoms with Crippen molar-refractivity contribution in [3.8, 4) is 23.0 Å². The second-order valence-electron chi connectivity index (χ2n) is 12.4. The number of carbonyl (C=O) groups is 5. The summed E-state index contributed by atoms with van der Waals surface area (Å²) in [5.74, 6) is 4.26. The number of aldehydes is 1. The molecule has 22 nitrogen and oxygen atoms in total. The van der Waals surface area contributed by atoms with Crippen LogP contribution >= 0.6 is 46.4 Å². The van der Waals surface area contributed by atoms with Gasteiger partial charge in [0.05, 0.1) is 80.8 Å². The van der Waals surface area contributed by atoms with Crippen molar-refractivity contribution in [3.05, 3.63) is 127 Å². The van der Waals surface area contributed by atoms with Gasteiger partial charge in [-0.3, -0.25) is 10.2 Å². The number of carboxylic acid groups (broad SMARTS) is 1. The Balaban J connectivity index is 0.000000870. The fourth-order valence-corrected chi connectivity index (χ4v) is 6.27. The molecular weight excluding hydrogens is 1030 g/mol. The van der Waals surface area contributed by atoms with Gasteiger partial charge in [-0.1, -0.05) is 64.6 Å². The van der Waals surface area contributed by atoms with Gasteiger partial charge in [-0.15, -0.1) is 0 Å². The number of nitrogens with zero attached hydrogens (tertiary/aromatic N) is 2. The summed E-state index contributed by atoms with van der Waals surface area (Å²) in [4.78, 5) is 59.6. The first-order valence-electron chi connectivity index (χ1n) is 19.2. The number of hydrogen-bond acceptors (Lipinski definition) is 14. The van der Waals surface area contributed by atoms with E-state index in [0.29, 0.717) is 77.1 Å². The first-order chi connectivity index (χ1) is 33.5. The number of nitrogens with two attached hydrogens (primary N) is 1. The van der Waals surface area contributed by atoms with E-state index in [0.717, 1.165) is 18.0 Å². The van der Waals surface area contributed by atoms with E-state index in [1.165, 1.54) is 54.8 Å². The maximum atomic E-state index is 11.4. The number of hydrazine groups is 1. The number of aromatic amines is 2. The van der Waals surface area contributed by atoms with Crippen molar-refractivity contribution in [3.63, 3.8) is 0 Å². The molecule has 6 rings (SSSR count). The average Bonchev–Trinajstić information content (AvgIpc) is 4.04. The Morgan fingerprint density at radius 2 is 1.15 bits per heavy atom. The summed E-state index contributed by atoms with van der Waals surface area (Å²) in [5.41, 5.74) is 13.7. The molecule has 0 saturated carbocycles. The average molecular weight is 1080 g/mol. The molecule has 0 aliphatic carbocycles. The van der Waals surface area contributed by atoms with Crippen molar-refractivity contribution in [2.24, 2.45) is 11.1 Å². The molecule has 27 heteroatoms. The first kappa shape index (κ1) is 64.4. The Hall–Kier alpha value is -6.63. The van der Waals surface area contributed by atoms with Gasteiger partial charge in [-0.2, -0.15) is 28.8 Å². The zero-order chi connectivity index (χ0) is 52.9. The third-order valence-electron chi connectivity index (χ3n) is 8.47. The Bertz CT molecular complexity index is 2770. The molecule has 0 radical (unpaired) electrons. The van der Waals surface area contributed by atoms with Crippen molar-refractivity contribution in [1.29, 1.82) is 0 Å². The van der Waals surface area contributed by atoms with Gasteiger partial charge in [-0.05, 0) is 66.2 Å². The minimum absolute atomic E-state index is 0. The van der Waals surface area contributed by atoms with Gasteiger partial charge in [0.2, 0.25) is 6.54 Å². The van der Waals surface area contributed by atoms with Gasteiger partial charge in [0.25, 0.3) is 0 Å². The van der Waals surface area contributed by atoms with Crippen LogP contribution in [0.2, 0.25) is 20.1 Å². The fourth-order valence-electron chi connectivity index (χ4n) is 5.17. The molecule has 2 aromatic heterocycles. The van der Waals surface area contributed by atoms with Crippen LogP contribution in [0.3, 0.4) is 0 Å². The Kier molecular flexibility index (Phi) is 31.4. The van der Waals surface area contributed by atoms with Crippen LogP contribution in [0.5, 0.6) is 23.0 Å². The van der Waals surface area contributed by atoms with Crippen molar-refractivity contribution in [2.45, 2.75) is 0 Å². The second kappa shape index (κ2) is 34.6. The van der Waals surface area contributed by atoms with E-state index in [9.17, 15) is 24.0 Å². The van der Waals surface area contributed by atoms with Crippen LogP contribution in [0.4, 0.5) is 0 Å². The van der Waals surface area contributed by atoms with Crippen molar-refractivity contribution in [1.82, 2.24) is 15.4 Å². The number of carboxylic acids is 1. The van der Waals surface area contributed by atoms with Gasteiger partial charge in [0.15, 0.2) is 6.29 Å². The molecule has 0 fully saturated rings. The smallest absolute Gasteiger partial charge is 0.857 e. The first-order valence-corrected chi connectivity index (χ1v) is 20.7. The van der Waals surface area contributed by atoms with E-state index in [1.807, 2.05) is 0 Å². The number of aromatic nitrogens is 2. The number of methoxy groups -OCH3 is 7. The molecule has 6 aromatic rings. The molecule has 0 amide bonds. The summed E-state index contributed by atoms with van der Waals surface area (Å²) in [6, 6.07) is 20.2. The second-order valence-corrected chi connectivity index (χ2v) is 13.9. The van der Waals surface area contributed by atoms with Gasteiger partial charge in [0, 0.05) is 27.4 Å². The summed E-state index contributed by atoms with van der Waals surface area (Å²) in [7, 11) is 10.6. The SMILES string of the molecule is COC(=O)/C(=C/c1cccc(OC)c1Cl)N[NH+]=[N-].COC(=O)C[NH+]=NN.COC(=O)c1cc2c(Cl)c(OC)ccc2[nH]1.COc1ccc2[nH]c(C(=O)O)cc2c1Cl.COc1cccc(C=O)c1Cl.C[O-].[Na+]. The van der Waals surface area contributed by atoms with E-state index in [-0.39, 0.29) is 53.5 Å². The molecule has 8 N–H and O–H groups in total. The number of aromatic carboxylic acids is 1. The predicted molar refractivity (Wildman–Crippen MR) is 257 cm³/mol. The standard InChI is InChI=1S/C11H12ClN3O3.C11H10ClNO3.C10H8ClNO3.C8H7ClO2.C3H7N3O2.CH3O.Na/c1-17-9-5-3-4-7(10(9)12)6-8(14-15-13)11(16)18-2;1-15-9-4-3-7-6(10(9)12)5-8(13-7)11(14)16-2;1-15-8-3-2-6-5(9(8)11)4-7(12-6)10(13)14;1-11-7-4-2-3-6(5-10)8(7)9;1-8-3(7)2-5-6-4;1-2;/h3-6,15H,1-2H3,(H-,13,14);3-5,13H,1-2H3;2-4,12H,1H3,(H,13,14);2-5H,1H3;2H2,1H3,(H2,4,5);1H3;/q;;;;;-1;+1/p+1/b8-6-;;;;;;. The molecule has 0 aliphatic heterocycles. The van der Waals surface area contributed by atoms with E-state index in [4.69, 9.17) is 81.1 Å². The van der Waals surface area contributed by atoms with Crippen molar-refractivity contribution >= 4 is 104 Å². The molecule has 0 spiro atoms. The number of halogens is 4. The van der Waals surface area contributed by atoms with Crippen LogP contribution in [-0.4, -0.2) is 109 Å². The molecule has 0 bridgehead atoms. The third kappa shape index (κ3) is 19.6. The summed E-state index contributed by atoms with van der Waals surface area (Å²) in [6.45, 7) is 0.0208. The third-order valence-corrected chi connectivity index (χ3v) is 10.1. The molecule has 0 atom stereocenters. The number of benzene rings is 4. The van der Waals surface area contributed by atoms with E-state index < -0.39 is 17.9 Å². The summed E-state index contributed by atoms with van der Waals surface area (Å²) in [6.07, 6.45) is 2.12. The summed E-state index contributed by atoms with van der Waals surface area (Å²) in [5, 5.41) is 26.9. The van der Waals surface area contributed by atoms with Crippen LogP contribution in [0.15, 0.2) is 83.7 Å². The molecule has 0 aliphatic rings. The number of nitrogens with one attached hydrogen (secondary N) is 5. The maximum absolute atomic E-state index is 11.4. The van der Waals surface area contributed by atoms with Gasteiger partial charge < -0.3 is 53.3 Å². The molecule has 376 valence electrons. The quantitative estimate of drug-likeness (QED) is 0.0125. The number of rotatable bonds is 13. The van der Waals surface area contributed by atoms with Crippen molar-refractivity contribution < 1.29 is 107 Å². The zero-order valence-electron chi connectivity index (χ0n) is 39.5. The number of esters is 3. The molecule has 71 heavy (non-hydrogen) atoms. The minimum atomic E-state index is -1.01. The molecule has 4 aromatic carbocycles. The van der Waals surface area contributed by atoms with Crippen molar-refractivity contribution in [2.75, 3.05) is 63.4 Å². The summed E-state index contributed by atoms with van der Waals surface area (Å²) < 4.78 is 33.5.